The molecule has 1 N–H and O–H groups in total. The number of aromatic nitrogens is 1. The number of alkyl halides is 3. The summed E-state index contributed by atoms with van der Waals surface area (Å²) in [7, 11) is 0. The molecule has 21 heavy (non-hydrogen) atoms. The van der Waals surface area contributed by atoms with Gasteiger partial charge < -0.3 is 9.73 Å². The number of benzene rings is 1. The fourth-order valence-electron chi connectivity index (χ4n) is 2.27. The normalized spacial score (nSPS) is 13.8. The van der Waals surface area contributed by atoms with Crippen LogP contribution in [0.15, 0.2) is 27.4 Å². The van der Waals surface area contributed by atoms with Gasteiger partial charge in [-0.1, -0.05) is 13.0 Å². The molecule has 1 unspecified atom stereocenters. The lowest BCUT2D eigenvalue weighted by molar-refractivity contribution is -0.157. The van der Waals surface area contributed by atoms with E-state index in [4.69, 9.17) is 4.42 Å². The van der Waals surface area contributed by atoms with Crippen LogP contribution in [0.2, 0.25) is 0 Å². The molecule has 0 saturated heterocycles. The average Bonchev–Trinajstić information content (AvgIpc) is 2.72. The van der Waals surface area contributed by atoms with Gasteiger partial charge in [0.15, 0.2) is 5.58 Å². The van der Waals surface area contributed by atoms with Gasteiger partial charge in [-0.25, -0.2) is 4.79 Å². The van der Waals surface area contributed by atoms with Gasteiger partial charge in [0.05, 0.1) is 5.52 Å². The number of rotatable bonds is 5. The number of aryl methyl sites for hydroxylation is 1. The molecule has 1 heterocycles. The zero-order valence-corrected chi connectivity index (χ0v) is 11.8. The van der Waals surface area contributed by atoms with Gasteiger partial charge in [0.25, 0.3) is 0 Å². The standard InChI is InChI=1S/C14H17F3N2O2/c1-3-7-18-12(14(15,16)17)9-5-6-10-11(8-9)21-13(20)19(10)4-2/h5-6,8,12,18H,3-4,7H2,1-2H3. The molecule has 1 atom stereocenters. The van der Waals surface area contributed by atoms with Crippen LogP contribution in [0.4, 0.5) is 13.2 Å². The third-order valence-corrected chi connectivity index (χ3v) is 3.27. The molecule has 0 saturated carbocycles. The van der Waals surface area contributed by atoms with E-state index in [-0.39, 0.29) is 17.7 Å². The van der Waals surface area contributed by atoms with Crippen molar-refractivity contribution in [2.24, 2.45) is 0 Å². The SMILES string of the molecule is CCCNC(c1ccc2c(c1)oc(=O)n2CC)C(F)(F)F. The summed E-state index contributed by atoms with van der Waals surface area (Å²) in [5.74, 6) is -0.560. The number of oxazole rings is 1. The Hall–Kier alpha value is -1.76. The van der Waals surface area contributed by atoms with Crippen LogP contribution in [0.1, 0.15) is 31.9 Å². The van der Waals surface area contributed by atoms with Crippen molar-refractivity contribution in [3.8, 4) is 0 Å². The summed E-state index contributed by atoms with van der Waals surface area (Å²) in [4.78, 5) is 11.6. The maximum atomic E-state index is 13.1. The number of halogens is 3. The molecule has 2 aromatic rings. The molecular formula is C14H17F3N2O2. The highest BCUT2D eigenvalue weighted by Gasteiger charge is 2.40. The number of hydrogen-bond donors (Lipinski definition) is 1. The van der Waals surface area contributed by atoms with Gasteiger partial charge in [-0.2, -0.15) is 13.2 Å². The van der Waals surface area contributed by atoms with Crippen LogP contribution in [0.3, 0.4) is 0 Å². The Kier molecular flexibility index (Phi) is 4.41. The molecule has 1 aromatic heterocycles. The Bertz CT molecular complexity index is 673. The van der Waals surface area contributed by atoms with E-state index in [0.29, 0.717) is 18.5 Å². The maximum absolute atomic E-state index is 13.1. The van der Waals surface area contributed by atoms with E-state index < -0.39 is 18.0 Å². The van der Waals surface area contributed by atoms with Crippen molar-refractivity contribution < 1.29 is 17.6 Å². The first kappa shape index (κ1) is 15.6. The Morgan fingerprint density at radius 3 is 2.62 bits per heavy atom. The molecule has 0 spiro atoms. The van der Waals surface area contributed by atoms with Crippen molar-refractivity contribution in [1.82, 2.24) is 9.88 Å². The predicted octanol–water partition coefficient (Wildman–Crippen LogP) is 3.22. The van der Waals surface area contributed by atoms with Crippen LogP contribution >= 0.6 is 0 Å². The molecule has 0 fully saturated rings. The van der Waals surface area contributed by atoms with E-state index in [1.54, 1.807) is 13.8 Å². The Balaban J connectivity index is 2.47. The number of fused-ring (bicyclic) bond motifs is 1. The van der Waals surface area contributed by atoms with E-state index in [2.05, 4.69) is 5.32 Å². The lowest BCUT2D eigenvalue weighted by Crippen LogP contribution is -2.34. The Morgan fingerprint density at radius 2 is 2.05 bits per heavy atom. The predicted molar refractivity (Wildman–Crippen MR) is 73.2 cm³/mol. The average molecular weight is 302 g/mol. The molecule has 7 heteroatoms. The van der Waals surface area contributed by atoms with Gasteiger partial charge in [0, 0.05) is 6.54 Å². The van der Waals surface area contributed by atoms with Crippen LogP contribution in [0.5, 0.6) is 0 Å². The van der Waals surface area contributed by atoms with Crippen LogP contribution < -0.4 is 11.1 Å². The van der Waals surface area contributed by atoms with Crippen LogP contribution in [-0.4, -0.2) is 17.3 Å². The van der Waals surface area contributed by atoms with Crippen molar-refractivity contribution in [2.75, 3.05) is 6.54 Å². The van der Waals surface area contributed by atoms with E-state index >= 15 is 0 Å². The van der Waals surface area contributed by atoms with E-state index in [1.807, 2.05) is 0 Å². The topological polar surface area (TPSA) is 47.2 Å². The minimum Gasteiger partial charge on any atom is -0.408 e. The van der Waals surface area contributed by atoms with Crippen LogP contribution in [0, 0.1) is 0 Å². The van der Waals surface area contributed by atoms with Crippen molar-refractivity contribution in [2.45, 2.75) is 39.0 Å². The van der Waals surface area contributed by atoms with Gasteiger partial charge in [-0.05, 0) is 37.6 Å². The van der Waals surface area contributed by atoms with Gasteiger partial charge in [0.2, 0.25) is 0 Å². The summed E-state index contributed by atoms with van der Waals surface area (Å²) in [5, 5.41) is 2.47. The minimum absolute atomic E-state index is 0.0421. The summed E-state index contributed by atoms with van der Waals surface area (Å²) >= 11 is 0. The first-order valence-electron chi connectivity index (χ1n) is 6.81. The monoisotopic (exact) mass is 302 g/mol. The largest absolute Gasteiger partial charge is 0.419 e. The zero-order valence-electron chi connectivity index (χ0n) is 11.8. The molecule has 0 aliphatic carbocycles. The van der Waals surface area contributed by atoms with Gasteiger partial charge in [-0.15, -0.1) is 0 Å². The summed E-state index contributed by atoms with van der Waals surface area (Å²) in [6.45, 7) is 4.22. The third-order valence-electron chi connectivity index (χ3n) is 3.27. The van der Waals surface area contributed by atoms with Crippen molar-refractivity contribution >= 4 is 11.1 Å². The fraction of sp³-hybridized carbons (Fsp3) is 0.500. The van der Waals surface area contributed by atoms with Crippen LogP contribution in [-0.2, 0) is 6.54 Å². The number of hydrogen-bond acceptors (Lipinski definition) is 3. The third kappa shape index (κ3) is 3.12. The molecule has 4 nitrogen and oxygen atoms in total. The second-order valence-corrected chi connectivity index (χ2v) is 4.77. The second kappa shape index (κ2) is 5.93. The number of nitrogens with one attached hydrogen (secondary N) is 1. The van der Waals surface area contributed by atoms with Gasteiger partial charge in [0.1, 0.15) is 6.04 Å². The molecule has 2 rings (SSSR count). The maximum Gasteiger partial charge on any atom is 0.419 e. The highest BCUT2D eigenvalue weighted by molar-refractivity contribution is 5.74. The summed E-state index contributed by atoms with van der Waals surface area (Å²) < 4.78 is 45.7. The Labute approximate surface area is 119 Å². The smallest absolute Gasteiger partial charge is 0.408 e. The number of nitrogens with zero attached hydrogens (tertiary/aromatic N) is 1. The highest BCUT2D eigenvalue weighted by atomic mass is 19.4. The molecule has 0 amide bonds. The van der Waals surface area contributed by atoms with Crippen molar-refractivity contribution in [3.63, 3.8) is 0 Å². The molecule has 0 bridgehead atoms. The van der Waals surface area contributed by atoms with Gasteiger partial charge in [-0.3, -0.25) is 4.57 Å². The van der Waals surface area contributed by atoms with E-state index in [0.717, 1.165) is 0 Å². The van der Waals surface area contributed by atoms with E-state index in [9.17, 15) is 18.0 Å². The fourth-order valence-corrected chi connectivity index (χ4v) is 2.27. The van der Waals surface area contributed by atoms with Crippen molar-refractivity contribution in [3.05, 3.63) is 34.3 Å². The summed E-state index contributed by atoms with van der Waals surface area (Å²) in [5.41, 5.74) is 0.718. The lowest BCUT2D eigenvalue weighted by Gasteiger charge is -2.21. The molecule has 116 valence electrons. The summed E-state index contributed by atoms with van der Waals surface area (Å²) in [6, 6.07) is 2.39. The first-order chi connectivity index (χ1) is 9.88. The van der Waals surface area contributed by atoms with Gasteiger partial charge >= 0.3 is 11.9 Å². The molecule has 0 radical (unpaired) electrons. The molecule has 0 aliphatic heterocycles. The highest BCUT2D eigenvalue weighted by Crippen LogP contribution is 2.33. The molecular weight excluding hydrogens is 285 g/mol. The molecule has 1 aromatic carbocycles. The Morgan fingerprint density at radius 1 is 1.33 bits per heavy atom. The minimum atomic E-state index is -4.41. The molecule has 0 aliphatic rings. The second-order valence-electron chi connectivity index (χ2n) is 4.77. The first-order valence-corrected chi connectivity index (χ1v) is 6.81. The summed E-state index contributed by atoms with van der Waals surface area (Å²) in [6.07, 6.45) is -3.81. The zero-order chi connectivity index (χ0) is 15.6. The quantitative estimate of drug-likeness (QED) is 0.922. The van der Waals surface area contributed by atoms with Crippen LogP contribution in [0.25, 0.3) is 11.1 Å². The lowest BCUT2D eigenvalue weighted by atomic mass is 10.1. The van der Waals surface area contributed by atoms with E-state index in [1.165, 1.54) is 22.8 Å². The van der Waals surface area contributed by atoms with Crippen molar-refractivity contribution in [1.29, 1.82) is 0 Å².